The lowest BCUT2D eigenvalue weighted by Gasteiger charge is -2.37. The summed E-state index contributed by atoms with van der Waals surface area (Å²) in [6.07, 6.45) is 0. The van der Waals surface area contributed by atoms with Crippen LogP contribution in [-0.2, 0) is 50.7 Å². The third-order valence-corrected chi connectivity index (χ3v) is 21.4. The highest BCUT2D eigenvalue weighted by molar-refractivity contribution is 8.53. The molecule has 0 spiro atoms. The molecule has 2 aliphatic rings. The zero-order chi connectivity index (χ0) is 39.1. The Morgan fingerprint density at radius 3 is 0.776 bits per heavy atom. The van der Waals surface area contributed by atoms with Gasteiger partial charge in [0.05, 0.1) is 43.0 Å². The fourth-order valence-electron chi connectivity index (χ4n) is 8.85. The molecule has 0 fully saturated rings. The van der Waals surface area contributed by atoms with Crippen molar-refractivity contribution in [1.82, 2.24) is 0 Å². The summed E-state index contributed by atoms with van der Waals surface area (Å²) in [5.74, 6) is 0. The van der Waals surface area contributed by atoms with Gasteiger partial charge in [0.15, 0.2) is 0 Å². The summed E-state index contributed by atoms with van der Waals surface area (Å²) in [7, 11) is 0. The zero-order valence-electron chi connectivity index (χ0n) is 32.1. The highest BCUT2D eigenvalue weighted by atomic mass is 32.7. The summed E-state index contributed by atoms with van der Waals surface area (Å²) in [6, 6.07) is 75.1. The summed E-state index contributed by atoms with van der Waals surface area (Å²) < 4.78 is 0. The van der Waals surface area contributed by atoms with E-state index in [2.05, 4.69) is 216 Å². The van der Waals surface area contributed by atoms with Crippen LogP contribution in [0.3, 0.4) is 0 Å². The number of hydrogen-bond acceptors (Lipinski definition) is 4. The van der Waals surface area contributed by atoms with Gasteiger partial charge in [-0.1, -0.05) is 158 Å². The maximum absolute atomic E-state index is 7.29. The normalized spacial score (nSPS) is 13.9. The molecule has 0 bridgehead atoms. The van der Waals surface area contributed by atoms with Crippen molar-refractivity contribution in [3.05, 3.63) is 229 Å². The van der Waals surface area contributed by atoms with Gasteiger partial charge in [-0.2, -0.15) is 0 Å². The Kier molecular flexibility index (Phi) is 10.0. The van der Waals surface area contributed by atoms with Crippen LogP contribution in [0.15, 0.2) is 206 Å². The van der Waals surface area contributed by atoms with Gasteiger partial charge in [-0.3, -0.25) is 0 Å². The van der Waals surface area contributed by atoms with Gasteiger partial charge in [0, 0.05) is 61.8 Å². The van der Waals surface area contributed by atoms with Crippen molar-refractivity contribution >= 4 is 80.6 Å². The molecule has 10 rings (SSSR count). The van der Waals surface area contributed by atoms with E-state index in [4.69, 9.17) is 24.5 Å². The summed E-state index contributed by atoms with van der Waals surface area (Å²) in [6.45, 7) is -2.02. The van der Waals surface area contributed by atoms with Gasteiger partial charge in [0.25, 0.3) is 0 Å². The Morgan fingerprint density at radius 2 is 0.534 bits per heavy atom. The Labute approximate surface area is 354 Å². The highest BCUT2D eigenvalue weighted by Gasteiger charge is 2.56. The maximum Gasteiger partial charge on any atom is 0.0971 e. The Balaban J connectivity index is 1.23. The third kappa shape index (κ3) is 6.58. The van der Waals surface area contributed by atoms with Gasteiger partial charge in [-0.15, -0.1) is 0 Å². The summed E-state index contributed by atoms with van der Waals surface area (Å²) >= 11 is 14.6. The minimum atomic E-state index is -2.55. The molecule has 0 unspecified atom stereocenters. The second kappa shape index (κ2) is 15.6. The molecular weight excluding hydrogens is 779 g/mol. The fraction of sp³-hybridized carbons (Fsp3) is 0.0769. The molecule has 8 aromatic rings. The molecule has 58 heavy (non-hydrogen) atoms. The summed E-state index contributed by atoms with van der Waals surface area (Å²) in [4.78, 5) is 5.06. The molecule has 0 atom stereocenters. The van der Waals surface area contributed by atoms with Gasteiger partial charge in [-0.25, -0.2) is 0 Å². The van der Waals surface area contributed by atoms with Crippen molar-refractivity contribution in [2.24, 2.45) is 0 Å². The van der Waals surface area contributed by atoms with E-state index in [9.17, 15) is 0 Å². The first-order valence-electron chi connectivity index (χ1n) is 19.9. The van der Waals surface area contributed by atoms with Crippen LogP contribution in [0, 0.1) is 0 Å². The fourth-order valence-corrected chi connectivity index (χ4v) is 17.7. The number of rotatable bonds is 12. The van der Waals surface area contributed by atoms with E-state index >= 15 is 0 Å². The predicted molar refractivity (Wildman–Crippen MR) is 257 cm³/mol. The molecule has 0 aromatic heterocycles. The maximum atomic E-state index is 7.29. The number of hydrogen-bond donors (Lipinski definition) is 0. The minimum Gasteiger partial charge on any atom is -0.540 e. The Bertz CT molecular complexity index is 2380. The molecule has 2 heterocycles. The Hall–Kier alpha value is -5.08. The smallest absolute Gasteiger partial charge is 0.0971 e. The van der Waals surface area contributed by atoms with Gasteiger partial charge in [-0.05, 0) is 59.4 Å². The van der Waals surface area contributed by atoms with E-state index in [1.807, 2.05) is 0 Å². The molecule has 0 aliphatic carbocycles. The molecule has 0 N–H and O–H groups in total. The first-order valence-corrected chi connectivity index (χ1v) is 25.5. The quantitative estimate of drug-likeness (QED) is 0.0895. The van der Waals surface area contributed by atoms with Crippen LogP contribution in [0.4, 0.5) is 11.4 Å². The summed E-state index contributed by atoms with van der Waals surface area (Å²) in [5, 5.41) is 7.56. The molecular formula is C52H42N2P2S2. The molecule has 8 aromatic carbocycles. The van der Waals surface area contributed by atoms with Crippen molar-refractivity contribution in [1.29, 1.82) is 0 Å². The first-order chi connectivity index (χ1) is 28.5. The zero-order valence-corrected chi connectivity index (χ0v) is 35.5. The van der Waals surface area contributed by atoms with E-state index in [1.54, 1.807) is 0 Å². The van der Waals surface area contributed by atoms with Crippen LogP contribution in [0.1, 0.15) is 22.3 Å². The third-order valence-electron chi connectivity index (χ3n) is 11.6. The van der Waals surface area contributed by atoms with Gasteiger partial charge >= 0.3 is 0 Å². The van der Waals surface area contributed by atoms with E-state index in [-0.39, 0.29) is 0 Å². The van der Waals surface area contributed by atoms with Crippen molar-refractivity contribution < 1.29 is 0 Å². The topological polar surface area (TPSA) is 6.48 Å². The number of benzene rings is 8. The lowest BCUT2D eigenvalue weighted by molar-refractivity contribution is 0.801. The second-order valence-corrected chi connectivity index (χ2v) is 23.9. The predicted octanol–water partition coefficient (Wildman–Crippen LogP) is 9.91. The van der Waals surface area contributed by atoms with Crippen LogP contribution >= 0.6 is 12.9 Å². The van der Waals surface area contributed by atoms with E-state index < -0.39 is 12.9 Å². The molecule has 282 valence electrons. The lowest BCUT2D eigenvalue weighted by atomic mass is 10.0. The van der Waals surface area contributed by atoms with Crippen molar-refractivity contribution in [3.8, 4) is 11.1 Å². The van der Waals surface area contributed by atoms with E-state index in [0.29, 0.717) is 0 Å². The molecule has 0 saturated heterocycles. The van der Waals surface area contributed by atoms with Crippen LogP contribution in [0.25, 0.3) is 11.1 Å². The average Bonchev–Trinajstić information content (AvgIpc) is 3.70. The molecule has 0 saturated carbocycles. The molecule has 0 radical (unpaired) electrons. The minimum absolute atomic E-state index is 0.768. The number of nitrogens with zero attached hydrogens (tertiary/aromatic N) is 2. The Morgan fingerprint density at radius 1 is 0.310 bits per heavy atom. The standard InChI is InChI=1S/C52H42N2P2S2/c57-55(45-27-15-5-16-28-45)47-31-43(53(35-39-19-7-1-8-20-39)36-40-21-9-2-10-22-40)32-48-51(47)52-49(55)33-44(34-50(52)56(48,58)46-29-17-6-18-30-46)54(37-41-23-11-3-12-24-41)38-42-25-13-4-14-26-42/h1-34H,35-38H2. The largest absolute Gasteiger partial charge is 0.540 e. The van der Waals surface area contributed by atoms with Crippen molar-refractivity contribution in [3.63, 3.8) is 0 Å². The van der Waals surface area contributed by atoms with Crippen LogP contribution in [0.5, 0.6) is 0 Å². The van der Waals surface area contributed by atoms with Crippen molar-refractivity contribution in [2.45, 2.75) is 26.2 Å². The lowest BCUT2D eigenvalue weighted by Crippen LogP contribution is -2.35. The summed E-state index contributed by atoms with van der Waals surface area (Å²) in [5.41, 5.74) is 10.0. The van der Waals surface area contributed by atoms with E-state index in [0.717, 1.165) is 26.2 Å². The molecule has 0 amide bonds. The average molecular weight is 821 g/mol. The monoisotopic (exact) mass is 820 g/mol. The SMILES string of the molecule is [S-][P+]1(c2ccccc2)c2cc(N(Cc3ccccc3)Cc3ccccc3)cc3c2-c2c1cc(N(Cc1ccccc1)Cc1ccccc1)cc2[P+]3([S-])c1ccccc1. The van der Waals surface area contributed by atoms with Crippen LogP contribution in [0.2, 0.25) is 0 Å². The highest BCUT2D eigenvalue weighted by Crippen LogP contribution is 2.69. The molecule has 6 heteroatoms. The van der Waals surface area contributed by atoms with Gasteiger partial charge in [0.1, 0.15) is 0 Å². The second-order valence-electron chi connectivity index (χ2n) is 15.3. The van der Waals surface area contributed by atoms with Crippen LogP contribution in [-0.4, -0.2) is 0 Å². The molecule has 2 nitrogen and oxygen atoms in total. The van der Waals surface area contributed by atoms with E-state index in [1.165, 1.54) is 76.6 Å². The number of anilines is 2. The van der Waals surface area contributed by atoms with Crippen molar-refractivity contribution in [2.75, 3.05) is 9.80 Å². The van der Waals surface area contributed by atoms with Gasteiger partial charge < -0.3 is 34.3 Å². The molecule has 2 aliphatic heterocycles. The van der Waals surface area contributed by atoms with Crippen LogP contribution < -0.4 is 41.6 Å². The first kappa shape index (κ1) is 37.2. The van der Waals surface area contributed by atoms with Gasteiger partial charge in [0.2, 0.25) is 0 Å².